The number of carbonyl (C=O) groups is 1. The van der Waals surface area contributed by atoms with E-state index in [0.29, 0.717) is 28.8 Å². The number of hydrogen-bond donors (Lipinski definition) is 2. The Morgan fingerprint density at radius 3 is 2.70 bits per heavy atom. The van der Waals surface area contributed by atoms with Gasteiger partial charge in [0.05, 0.1) is 16.4 Å². The van der Waals surface area contributed by atoms with Gasteiger partial charge in [0, 0.05) is 6.42 Å². The molecular weight excluding hydrogens is 318 g/mol. The standard InChI is InChI=1S/C15H16BrN3O/c1-10-2-4-11(5-3-10)6-7-14(20)19-15-13(16)8-12(17)9-18-15/h2-5,8-9H,6-7,17H2,1H3,(H,18,19,20). The van der Waals surface area contributed by atoms with E-state index < -0.39 is 0 Å². The third-order valence-corrected chi connectivity index (χ3v) is 3.49. The maximum atomic E-state index is 11.9. The van der Waals surface area contributed by atoms with Crippen LogP contribution in [0.4, 0.5) is 11.5 Å². The van der Waals surface area contributed by atoms with Crippen LogP contribution in [0.1, 0.15) is 17.5 Å². The predicted molar refractivity (Wildman–Crippen MR) is 84.5 cm³/mol. The van der Waals surface area contributed by atoms with E-state index in [9.17, 15) is 4.79 Å². The first-order valence-electron chi connectivity index (χ1n) is 6.31. The fraction of sp³-hybridized carbons (Fsp3) is 0.200. The summed E-state index contributed by atoms with van der Waals surface area (Å²) in [4.78, 5) is 16.0. The van der Waals surface area contributed by atoms with Crippen LogP contribution in [-0.2, 0) is 11.2 Å². The summed E-state index contributed by atoms with van der Waals surface area (Å²) in [6.07, 6.45) is 2.64. The second-order valence-corrected chi connectivity index (χ2v) is 5.49. The summed E-state index contributed by atoms with van der Waals surface area (Å²) in [6, 6.07) is 9.89. The van der Waals surface area contributed by atoms with Crippen molar-refractivity contribution >= 4 is 33.3 Å². The first kappa shape index (κ1) is 14.5. The lowest BCUT2D eigenvalue weighted by molar-refractivity contribution is -0.116. The first-order chi connectivity index (χ1) is 9.54. The number of rotatable bonds is 4. The fourth-order valence-corrected chi connectivity index (χ4v) is 2.22. The Labute approximate surface area is 126 Å². The average molecular weight is 334 g/mol. The van der Waals surface area contributed by atoms with E-state index in [1.54, 1.807) is 6.07 Å². The molecule has 0 atom stereocenters. The van der Waals surface area contributed by atoms with Crippen LogP contribution in [0, 0.1) is 6.92 Å². The van der Waals surface area contributed by atoms with Crippen molar-refractivity contribution in [1.82, 2.24) is 4.98 Å². The highest BCUT2D eigenvalue weighted by molar-refractivity contribution is 9.10. The minimum Gasteiger partial charge on any atom is -0.397 e. The topological polar surface area (TPSA) is 68.0 Å². The van der Waals surface area contributed by atoms with Gasteiger partial charge in [-0.3, -0.25) is 4.79 Å². The van der Waals surface area contributed by atoms with Crippen molar-refractivity contribution < 1.29 is 4.79 Å². The lowest BCUT2D eigenvalue weighted by atomic mass is 10.1. The molecule has 0 aliphatic rings. The summed E-state index contributed by atoms with van der Waals surface area (Å²) in [6.45, 7) is 2.04. The molecule has 0 fully saturated rings. The van der Waals surface area contributed by atoms with Crippen LogP contribution in [-0.4, -0.2) is 10.9 Å². The number of aryl methyl sites for hydroxylation is 2. The molecule has 3 N–H and O–H groups in total. The summed E-state index contributed by atoms with van der Waals surface area (Å²) in [5, 5.41) is 2.77. The van der Waals surface area contributed by atoms with Gasteiger partial charge < -0.3 is 11.1 Å². The van der Waals surface area contributed by atoms with Gasteiger partial charge >= 0.3 is 0 Å². The molecule has 1 aromatic heterocycles. The van der Waals surface area contributed by atoms with Gasteiger partial charge in [0.2, 0.25) is 5.91 Å². The van der Waals surface area contributed by atoms with Gasteiger partial charge in [0.15, 0.2) is 0 Å². The lowest BCUT2D eigenvalue weighted by Gasteiger charge is -2.07. The van der Waals surface area contributed by atoms with Crippen molar-refractivity contribution in [1.29, 1.82) is 0 Å². The molecule has 1 aromatic carbocycles. The highest BCUT2D eigenvalue weighted by atomic mass is 79.9. The molecule has 5 heteroatoms. The molecule has 104 valence electrons. The summed E-state index contributed by atoms with van der Waals surface area (Å²) >= 11 is 3.32. The number of carbonyl (C=O) groups excluding carboxylic acids is 1. The van der Waals surface area contributed by atoms with E-state index in [0.717, 1.165) is 5.56 Å². The number of benzene rings is 1. The number of aromatic nitrogens is 1. The summed E-state index contributed by atoms with van der Waals surface area (Å²) in [5.41, 5.74) is 8.51. The quantitative estimate of drug-likeness (QED) is 0.901. The van der Waals surface area contributed by atoms with Crippen LogP contribution in [0.5, 0.6) is 0 Å². The van der Waals surface area contributed by atoms with Gasteiger partial charge in [0.25, 0.3) is 0 Å². The van der Waals surface area contributed by atoms with E-state index in [1.807, 2.05) is 31.2 Å². The molecule has 0 bridgehead atoms. The normalized spacial score (nSPS) is 10.3. The SMILES string of the molecule is Cc1ccc(CCC(=O)Nc2ncc(N)cc2Br)cc1. The zero-order valence-corrected chi connectivity index (χ0v) is 12.8. The molecule has 0 aliphatic carbocycles. The van der Waals surface area contributed by atoms with E-state index in [-0.39, 0.29) is 5.91 Å². The zero-order valence-electron chi connectivity index (χ0n) is 11.2. The van der Waals surface area contributed by atoms with Crippen LogP contribution in [0.15, 0.2) is 41.0 Å². The van der Waals surface area contributed by atoms with E-state index in [1.165, 1.54) is 11.8 Å². The fourth-order valence-electron chi connectivity index (χ4n) is 1.75. The maximum absolute atomic E-state index is 11.9. The molecule has 0 saturated carbocycles. The lowest BCUT2D eigenvalue weighted by Crippen LogP contribution is -2.14. The number of nitrogens with one attached hydrogen (secondary N) is 1. The molecule has 2 rings (SSSR count). The van der Waals surface area contributed by atoms with Crippen LogP contribution in [0.3, 0.4) is 0 Å². The smallest absolute Gasteiger partial charge is 0.225 e. The maximum Gasteiger partial charge on any atom is 0.225 e. The Morgan fingerprint density at radius 1 is 1.35 bits per heavy atom. The highest BCUT2D eigenvalue weighted by Crippen LogP contribution is 2.21. The largest absolute Gasteiger partial charge is 0.397 e. The molecule has 20 heavy (non-hydrogen) atoms. The number of amides is 1. The summed E-state index contributed by atoms with van der Waals surface area (Å²) < 4.78 is 0.682. The minimum absolute atomic E-state index is 0.0662. The molecule has 4 nitrogen and oxygen atoms in total. The molecule has 0 radical (unpaired) electrons. The number of anilines is 2. The molecule has 0 unspecified atom stereocenters. The van der Waals surface area contributed by atoms with Crippen LogP contribution in [0.25, 0.3) is 0 Å². The number of nitrogens with zero attached hydrogens (tertiary/aromatic N) is 1. The van der Waals surface area contributed by atoms with E-state index in [4.69, 9.17) is 5.73 Å². The molecule has 0 saturated heterocycles. The molecular formula is C15H16BrN3O. The number of halogens is 1. The third-order valence-electron chi connectivity index (χ3n) is 2.88. The summed E-state index contributed by atoms with van der Waals surface area (Å²) in [5.74, 6) is 0.427. The predicted octanol–water partition coefficient (Wildman–Crippen LogP) is 3.31. The van der Waals surface area contributed by atoms with Gasteiger partial charge in [-0.15, -0.1) is 0 Å². The highest BCUT2D eigenvalue weighted by Gasteiger charge is 2.07. The second kappa shape index (κ2) is 6.52. The van der Waals surface area contributed by atoms with Gasteiger partial charge in [-0.2, -0.15) is 0 Å². The first-order valence-corrected chi connectivity index (χ1v) is 7.10. The average Bonchev–Trinajstić information content (AvgIpc) is 2.41. The Balaban J connectivity index is 1.90. The van der Waals surface area contributed by atoms with E-state index >= 15 is 0 Å². The van der Waals surface area contributed by atoms with Crippen molar-refractivity contribution in [2.24, 2.45) is 0 Å². The number of nitrogen functional groups attached to an aromatic ring is 1. The Bertz CT molecular complexity index is 611. The van der Waals surface area contributed by atoms with Gasteiger partial charge in [-0.1, -0.05) is 29.8 Å². The Hall–Kier alpha value is -1.88. The molecule has 1 heterocycles. The van der Waals surface area contributed by atoms with Gasteiger partial charge in [0.1, 0.15) is 5.82 Å². The second-order valence-electron chi connectivity index (χ2n) is 4.63. The third kappa shape index (κ3) is 4.06. The summed E-state index contributed by atoms with van der Waals surface area (Å²) in [7, 11) is 0. The molecule has 0 spiro atoms. The van der Waals surface area contributed by atoms with Crippen LogP contribution < -0.4 is 11.1 Å². The Kier molecular flexibility index (Phi) is 4.74. The van der Waals surface area contributed by atoms with E-state index in [2.05, 4.69) is 26.2 Å². The van der Waals surface area contributed by atoms with Crippen LogP contribution >= 0.6 is 15.9 Å². The van der Waals surface area contributed by atoms with Crippen molar-refractivity contribution in [2.45, 2.75) is 19.8 Å². The molecule has 0 aliphatic heterocycles. The number of hydrogen-bond acceptors (Lipinski definition) is 3. The van der Waals surface area contributed by atoms with Crippen molar-refractivity contribution in [3.63, 3.8) is 0 Å². The molecule has 1 amide bonds. The van der Waals surface area contributed by atoms with Gasteiger partial charge in [-0.05, 0) is 40.9 Å². The van der Waals surface area contributed by atoms with Crippen molar-refractivity contribution in [3.8, 4) is 0 Å². The molecule has 2 aromatic rings. The number of pyridine rings is 1. The van der Waals surface area contributed by atoms with Crippen molar-refractivity contribution in [3.05, 3.63) is 52.1 Å². The Morgan fingerprint density at radius 2 is 2.05 bits per heavy atom. The minimum atomic E-state index is -0.0662. The van der Waals surface area contributed by atoms with Gasteiger partial charge in [-0.25, -0.2) is 4.98 Å². The van der Waals surface area contributed by atoms with Crippen molar-refractivity contribution in [2.75, 3.05) is 11.1 Å². The van der Waals surface area contributed by atoms with Crippen LogP contribution in [0.2, 0.25) is 0 Å². The monoisotopic (exact) mass is 333 g/mol. The number of nitrogens with two attached hydrogens (primary N) is 1. The zero-order chi connectivity index (χ0) is 14.5.